The molecule has 1 heterocycles. The molecule has 0 bridgehead atoms. The van der Waals surface area contributed by atoms with E-state index in [0.717, 1.165) is 16.8 Å². The van der Waals surface area contributed by atoms with E-state index in [0.29, 0.717) is 20.0 Å². The Labute approximate surface area is 249 Å². The third kappa shape index (κ3) is 6.46. The number of ether oxygens (including phenoxy) is 3. The van der Waals surface area contributed by atoms with E-state index in [1.807, 2.05) is 0 Å². The lowest BCUT2D eigenvalue weighted by atomic mass is 10.1. The Morgan fingerprint density at radius 2 is 1.85 bits per heavy atom. The first-order chi connectivity index (χ1) is 19.5. The van der Waals surface area contributed by atoms with Crippen LogP contribution >= 0.6 is 31.9 Å². The van der Waals surface area contributed by atoms with E-state index >= 15 is 0 Å². The number of nitrogens with zero attached hydrogens (tertiary/aromatic N) is 3. The molecule has 1 aromatic heterocycles. The lowest BCUT2D eigenvalue weighted by Gasteiger charge is -2.18. The second kappa shape index (κ2) is 12.4. The lowest BCUT2D eigenvalue weighted by molar-refractivity contribution is -0.150. The molecule has 0 saturated heterocycles. The number of benzene rings is 3. The number of carbonyl (C=O) groups is 1. The fourth-order valence-electron chi connectivity index (χ4n) is 3.82. The average molecular weight is 697 g/mol. The van der Waals surface area contributed by atoms with Gasteiger partial charge in [0.25, 0.3) is 5.56 Å². The maximum atomic E-state index is 13.5. The number of halogens is 5. The molecule has 41 heavy (non-hydrogen) atoms. The largest absolute Gasteiger partial charge is 0.493 e. The van der Waals surface area contributed by atoms with Gasteiger partial charge in [0.15, 0.2) is 23.4 Å². The minimum Gasteiger partial charge on any atom is -0.493 e. The Kier molecular flexibility index (Phi) is 9.17. The van der Waals surface area contributed by atoms with Gasteiger partial charge in [0.05, 0.1) is 40.9 Å². The predicted molar refractivity (Wildman–Crippen MR) is 155 cm³/mol. The van der Waals surface area contributed by atoms with Crippen LogP contribution in [-0.4, -0.2) is 41.7 Å². The van der Waals surface area contributed by atoms with E-state index in [2.05, 4.69) is 41.9 Å². The van der Waals surface area contributed by atoms with Crippen LogP contribution in [0.5, 0.6) is 11.5 Å². The minimum absolute atomic E-state index is 0.0503. The quantitative estimate of drug-likeness (QED) is 0.148. The summed E-state index contributed by atoms with van der Waals surface area (Å²) < 4.78 is 58.4. The molecule has 0 aliphatic carbocycles. The summed E-state index contributed by atoms with van der Waals surface area (Å²) in [5.41, 5.74) is -0.699. The Bertz CT molecular complexity index is 1710. The molecule has 8 nitrogen and oxygen atoms in total. The number of esters is 1. The van der Waals surface area contributed by atoms with Crippen LogP contribution in [-0.2, 0) is 15.7 Å². The normalized spacial score (nSPS) is 12.5. The Morgan fingerprint density at radius 1 is 1.12 bits per heavy atom. The average Bonchev–Trinajstić information content (AvgIpc) is 2.95. The summed E-state index contributed by atoms with van der Waals surface area (Å²) in [6, 6.07) is 12.5. The van der Waals surface area contributed by atoms with Crippen LogP contribution in [0.25, 0.3) is 22.3 Å². The fraction of sp³-hybridized carbons (Fsp3) is 0.214. The number of methoxy groups -OCH3 is 1. The zero-order valence-corrected chi connectivity index (χ0v) is 25.0. The number of carbonyl (C=O) groups excluding carboxylic acids is 1. The SMILES string of the molecule is CCOC(=O)[C@H](C)Oc1c(OC)cc(C=Nn2c(-c3cccc(C(F)(F)F)c3)nc3ccccc3c2=O)c(Br)c1Br. The van der Waals surface area contributed by atoms with Gasteiger partial charge in [-0.15, -0.1) is 0 Å². The molecule has 0 aliphatic heterocycles. The van der Waals surface area contributed by atoms with Gasteiger partial charge >= 0.3 is 12.1 Å². The Balaban J connectivity index is 1.84. The monoisotopic (exact) mass is 695 g/mol. The molecular formula is C28H22Br2F3N3O5. The number of hydrogen-bond donors (Lipinski definition) is 0. The van der Waals surface area contributed by atoms with Gasteiger partial charge in [0, 0.05) is 15.6 Å². The molecule has 0 fully saturated rings. The van der Waals surface area contributed by atoms with E-state index in [9.17, 15) is 22.8 Å². The highest BCUT2D eigenvalue weighted by molar-refractivity contribution is 9.13. The van der Waals surface area contributed by atoms with Gasteiger partial charge < -0.3 is 14.2 Å². The van der Waals surface area contributed by atoms with Crippen LogP contribution in [0.15, 0.2) is 73.4 Å². The summed E-state index contributed by atoms with van der Waals surface area (Å²) in [5.74, 6) is -0.194. The summed E-state index contributed by atoms with van der Waals surface area (Å²) in [5, 5.41) is 4.56. The van der Waals surface area contributed by atoms with Crippen molar-refractivity contribution in [1.82, 2.24) is 9.66 Å². The van der Waals surface area contributed by atoms with Crippen LogP contribution in [0, 0.1) is 0 Å². The van der Waals surface area contributed by atoms with Gasteiger partial charge in [-0.05, 0) is 76.0 Å². The van der Waals surface area contributed by atoms with Crippen molar-refractivity contribution in [1.29, 1.82) is 0 Å². The first-order valence-electron chi connectivity index (χ1n) is 12.1. The lowest BCUT2D eigenvalue weighted by Crippen LogP contribution is -2.26. The highest BCUT2D eigenvalue weighted by Gasteiger charge is 2.31. The molecule has 0 unspecified atom stereocenters. The van der Waals surface area contributed by atoms with E-state index in [4.69, 9.17) is 14.2 Å². The molecule has 0 aliphatic rings. The molecule has 0 radical (unpaired) electrons. The van der Waals surface area contributed by atoms with Crippen molar-refractivity contribution in [3.8, 4) is 22.9 Å². The first-order valence-corrected chi connectivity index (χ1v) is 13.7. The Hall–Kier alpha value is -3.71. The highest BCUT2D eigenvalue weighted by Crippen LogP contribution is 2.43. The fourth-order valence-corrected chi connectivity index (χ4v) is 4.73. The van der Waals surface area contributed by atoms with Crippen molar-refractivity contribution < 1.29 is 32.2 Å². The van der Waals surface area contributed by atoms with Crippen molar-refractivity contribution in [2.24, 2.45) is 5.10 Å². The van der Waals surface area contributed by atoms with Crippen LogP contribution in [0.4, 0.5) is 13.2 Å². The molecule has 4 aromatic rings. The number of alkyl halides is 3. The minimum atomic E-state index is -4.59. The van der Waals surface area contributed by atoms with Crippen LogP contribution in [0.3, 0.4) is 0 Å². The highest BCUT2D eigenvalue weighted by atomic mass is 79.9. The number of rotatable bonds is 8. The van der Waals surface area contributed by atoms with E-state index in [-0.39, 0.29) is 34.9 Å². The Morgan fingerprint density at radius 3 is 2.54 bits per heavy atom. The summed E-state index contributed by atoms with van der Waals surface area (Å²) in [7, 11) is 1.40. The molecule has 0 N–H and O–H groups in total. The second-order valence-corrected chi connectivity index (χ2v) is 10.1. The zero-order chi connectivity index (χ0) is 29.9. The number of fused-ring (bicyclic) bond motifs is 1. The third-order valence-electron chi connectivity index (χ3n) is 5.80. The van der Waals surface area contributed by atoms with Gasteiger partial charge in [-0.1, -0.05) is 24.3 Å². The van der Waals surface area contributed by atoms with Crippen molar-refractivity contribution in [2.75, 3.05) is 13.7 Å². The molecule has 4 rings (SSSR count). The summed E-state index contributed by atoms with van der Waals surface area (Å²) in [6.45, 7) is 3.40. The van der Waals surface area contributed by atoms with Crippen LogP contribution < -0.4 is 15.0 Å². The molecular weight excluding hydrogens is 675 g/mol. The smallest absolute Gasteiger partial charge is 0.416 e. The van der Waals surface area contributed by atoms with Crippen molar-refractivity contribution in [2.45, 2.75) is 26.1 Å². The molecule has 0 spiro atoms. The molecule has 214 valence electrons. The first kappa shape index (κ1) is 30.3. The van der Waals surface area contributed by atoms with E-state index in [1.165, 1.54) is 32.4 Å². The van der Waals surface area contributed by atoms with Crippen molar-refractivity contribution in [3.05, 3.63) is 85.0 Å². The molecule has 1 atom stereocenters. The molecule has 3 aromatic carbocycles. The number of para-hydroxylation sites is 1. The van der Waals surface area contributed by atoms with Crippen molar-refractivity contribution in [3.63, 3.8) is 0 Å². The molecule has 0 amide bonds. The van der Waals surface area contributed by atoms with Gasteiger partial charge in [-0.2, -0.15) is 22.9 Å². The summed E-state index contributed by atoms with van der Waals surface area (Å²) in [4.78, 5) is 30.0. The maximum Gasteiger partial charge on any atom is 0.416 e. The van der Waals surface area contributed by atoms with E-state index < -0.39 is 29.4 Å². The third-order valence-corrected chi connectivity index (χ3v) is 7.95. The second-order valence-electron chi connectivity index (χ2n) is 8.53. The predicted octanol–water partition coefficient (Wildman–Crippen LogP) is 6.83. The topological polar surface area (TPSA) is 92.0 Å². The summed E-state index contributed by atoms with van der Waals surface area (Å²) >= 11 is 6.90. The summed E-state index contributed by atoms with van der Waals surface area (Å²) in [6.07, 6.45) is -4.21. The maximum absolute atomic E-state index is 13.5. The molecule has 0 saturated carbocycles. The molecule has 13 heteroatoms. The van der Waals surface area contributed by atoms with Gasteiger partial charge in [0.2, 0.25) is 0 Å². The number of hydrogen-bond acceptors (Lipinski definition) is 7. The van der Waals surface area contributed by atoms with Crippen molar-refractivity contribution >= 4 is 54.9 Å². The zero-order valence-electron chi connectivity index (χ0n) is 21.8. The van der Waals surface area contributed by atoms with E-state index in [1.54, 1.807) is 37.3 Å². The van der Waals surface area contributed by atoms with Crippen LogP contribution in [0.2, 0.25) is 0 Å². The van der Waals surface area contributed by atoms with Crippen LogP contribution in [0.1, 0.15) is 25.0 Å². The van der Waals surface area contributed by atoms with Gasteiger partial charge in [-0.25, -0.2) is 9.78 Å². The number of aromatic nitrogens is 2. The van der Waals surface area contributed by atoms with Gasteiger partial charge in [-0.3, -0.25) is 4.79 Å². The standard InChI is InChI=1S/C28H22Br2F3N3O5/c1-4-40-27(38)15(2)41-24-21(39-3)13-17(22(29)23(24)30)14-34-36-25(16-8-7-9-18(12-16)28(31,32)33)35-20-11-6-5-10-19(20)26(36)37/h5-15H,4H2,1-3H3/t15-/m0/s1. The van der Waals surface area contributed by atoms with Gasteiger partial charge in [0.1, 0.15) is 0 Å².